The van der Waals surface area contributed by atoms with Gasteiger partial charge in [0, 0.05) is 12.0 Å². The van der Waals surface area contributed by atoms with Crippen LogP contribution in [0.3, 0.4) is 0 Å². The van der Waals surface area contributed by atoms with E-state index < -0.39 is 23.0 Å². The van der Waals surface area contributed by atoms with Crippen molar-refractivity contribution >= 4 is 5.69 Å². The number of anilines is 1. The molecule has 0 radical (unpaired) electrons. The zero-order valence-electron chi connectivity index (χ0n) is 10.8. The average molecular weight is 279 g/mol. The van der Waals surface area contributed by atoms with E-state index in [-0.39, 0.29) is 18.8 Å². The van der Waals surface area contributed by atoms with Crippen LogP contribution in [0.5, 0.6) is 0 Å². The highest BCUT2D eigenvalue weighted by Crippen LogP contribution is 2.32. The summed E-state index contributed by atoms with van der Waals surface area (Å²) in [6.45, 7) is 3.68. The molecule has 6 heteroatoms. The smallest absolute Gasteiger partial charge is 0.396 e. The monoisotopic (exact) mass is 279 g/mol. The third-order valence-corrected chi connectivity index (χ3v) is 3.23. The molecule has 1 unspecified atom stereocenters. The largest absolute Gasteiger partial charge is 0.416 e. The molecule has 2 nitrogen and oxygen atoms in total. The van der Waals surface area contributed by atoms with Crippen LogP contribution >= 0.6 is 0 Å². The molecule has 0 aliphatic heterocycles. The molecule has 0 aromatic heterocycles. The number of alkyl halides is 3. The summed E-state index contributed by atoms with van der Waals surface area (Å²) in [5.74, 6) is -0.746. The Labute approximate surface area is 109 Å². The number of hydrogen-bond acceptors (Lipinski definition) is 2. The quantitative estimate of drug-likeness (QED) is 0.806. The van der Waals surface area contributed by atoms with Gasteiger partial charge in [0.05, 0.1) is 17.9 Å². The second-order valence-electron chi connectivity index (χ2n) is 4.87. The van der Waals surface area contributed by atoms with Crippen LogP contribution < -0.4 is 5.32 Å². The normalized spacial score (nSPS) is 15.1. The van der Waals surface area contributed by atoms with Crippen molar-refractivity contribution in [2.45, 2.75) is 26.4 Å². The topological polar surface area (TPSA) is 32.3 Å². The Bertz CT molecular complexity index is 427. The number of halogens is 4. The molecule has 2 N–H and O–H groups in total. The molecule has 0 amide bonds. The Kier molecular flexibility index (Phi) is 4.79. The van der Waals surface area contributed by atoms with E-state index >= 15 is 0 Å². The molecule has 0 aliphatic carbocycles. The first kappa shape index (κ1) is 15.8. The summed E-state index contributed by atoms with van der Waals surface area (Å²) in [7, 11) is 0. The Balaban J connectivity index is 2.89. The third kappa shape index (κ3) is 4.09. The van der Waals surface area contributed by atoms with Gasteiger partial charge in [0.2, 0.25) is 0 Å². The lowest BCUT2D eigenvalue weighted by atomic mass is 9.88. The van der Waals surface area contributed by atoms with Crippen LogP contribution in [0.15, 0.2) is 18.2 Å². The van der Waals surface area contributed by atoms with Crippen molar-refractivity contribution in [3.05, 3.63) is 29.6 Å². The minimum absolute atomic E-state index is 0.128. The van der Waals surface area contributed by atoms with Gasteiger partial charge in [-0.25, -0.2) is 4.39 Å². The number of aliphatic hydroxyl groups is 1. The van der Waals surface area contributed by atoms with Crippen molar-refractivity contribution in [2.24, 2.45) is 5.41 Å². The van der Waals surface area contributed by atoms with Crippen LogP contribution in [-0.4, -0.2) is 18.3 Å². The summed E-state index contributed by atoms with van der Waals surface area (Å²) in [6.07, 6.45) is -3.88. The SMILES string of the molecule is CCC(C)(CO)CNc1cc(C(F)(F)F)ccc1F. The molecule has 0 saturated heterocycles. The molecule has 19 heavy (non-hydrogen) atoms. The molecule has 1 rings (SSSR count). The second-order valence-corrected chi connectivity index (χ2v) is 4.87. The van der Waals surface area contributed by atoms with E-state index in [1.165, 1.54) is 0 Å². The Morgan fingerprint density at radius 1 is 1.26 bits per heavy atom. The molecule has 108 valence electrons. The molecule has 0 bridgehead atoms. The van der Waals surface area contributed by atoms with Crippen LogP contribution in [-0.2, 0) is 6.18 Å². The Hall–Kier alpha value is -1.30. The summed E-state index contributed by atoms with van der Waals surface area (Å²) in [4.78, 5) is 0. The van der Waals surface area contributed by atoms with Crippen molar-refractivity contribution < 1.29 is 22.7 Å². The van der Waals surface area contributed by atoms with E-state index in [1.807, 2.05) is 6.92 Å². The Morgan fingerprint density at radius 2 is 1.89 bits per heavy atom. The van der Waals surface area contributed by atoms with Gasteiger partial charge < -0.3 is 10.4 Å². The van der Waals surface area contributed by atoms with E-state index in [2.05, 4.69) is 5.32 Å². The maximum atomic E-state index is 13.4. The van der Waals surface area contributed by atoms with Gasteiger partial charge in [0.15, 0.2) is 0 Å². The third-order valence-electron chi connectivity index (χ3n) is 3.23. The van der Waals surface area contributed by atoms with Crippen molar-refractivity contribution in [2.75, 3.05) is 18.5 Å². The minimum Gasteiger partial charge on any atom is -0.396 e. The summed E-state index contributed by atoms with van der Waals surface area (Å²) in [5, 5.41) is 11.8. The predicted octanol–water partition coefficient (Wildman–Crippen LogP) is 3.67. The van der Waals surface area contributed by atoms with Crippen LogP contribution in [0.4, 0.5) is 23.2 Å². The van der Waals surface area contributed by atoms with Crippen molar-refractivity contribution in [1.82, 2.24) is 0 Å². The van der Waals surface area contributed by atoms with Gasteiger partial charge in [-0.2, -0.15) is 13.2 Å². The Morgan fingerprint density at radius 3 is 2.37 bits per heavy atom. The van der Waals surface area contributed by atoms with Gasteiger partial charge >= 0.3 is 6.18 Å². The molecule has 0 saturated carbocycles. The van der Waals surface area contributed by atoms with Gasteiger partial charge in [0.25, 0.3) is 0 Å². The second kappa shape index (κ2) is 5.77. The first-order valence-electron chi connectivity index (χ1n) is 5.93. The van der Waals surface area contributed by atoms with Gasteiger partial charge in [0.1, 0.15) is 5.82 Å². The number of aliphatic hydroxyl groups excluding tert-OH is 1. The summed E-state index contributed by atoms with van der Waals surface area (Å²) < 4.78 is 51.0. The van der Waals surface area contributed by atoms with Gasteiger partial charge in [-0.05, 0) is 24.6 Å². The number of hydrogen-bond donors (Lipinski definition) is 2. The molecule has 1 atom stereocenters. The summed E-state index contributed by atoms with van der Waals surface area (Å²) >= 11 is 0. The first-order chi connectivity index (χ1) is 8.72. The van der Waals surface area contributed by atoms with Gasteiger partial charge in [-0.3, -0.25) is 0 Å². The molecule has 0 fully saturated rings. The van der Waals surface area contributed by atoms with Crippen LogP contribution in [0, 0.1) is 11.2 Å². The van der Waals surface area contributed by atoms with Crippen LogP contribution in [0.2, 0.25) is 0 Å². The fraction of sp³-hybridized carbons (Fsp3) is 0.538. The fourth-order valence-electron chi connectivity index (χ4n) is 1.44. The standard InChI is InChI=1S/C13H17F4NO/c1-3-12(2,8-19)7-18-11-6-9(13(15,16)17)4-5-10(11)14/h4-6,18-19H,3,7-8H2,1-2H3. The predicted molar refractivity (Wildman–Crippen MR) is 65.4 cm³/mol. The van der Waals surface area contributed by atoms with Crippen molar-refractivity contribution in [1.29, 1.82) is 0 Å². The number of nitrogens with one attached hydrogen (secondary N) is 1. The van der Waals surface area contributed by atoms with E-state index in [0.717, 1.165) is 12.1 Å². The maximum Gasteiger partial charge on any atom is 0.416 e. The molecule has 1 aromatic carbocycles. The summed E-state index contributed by atoms with van der Waals surface area (Å²) in [5.41, 5.74) is -1.61. The number of rotatable bonds is 5. The molecule has 0 aliphatic rings. The molecule has 0 heterocycles. The zero-order valence-corrected chi connectivity index (χ0v) is 10.8. The zero-order chi connectivity index (χ0) is 14.7. The van der Waals surface area contributed by atoms with Crippen molar-refractivity contribution in [3.8, 4) is 0 Å². The van der Waals surface area contributed by atoms with E-state index in [0.29, 0.717) is 12.5 Å². The van der Waals surface area contributed by atoms with E-state index in [1.54, 1.807) is 6.92 Å². The van der Waals surface area contributed by atoms with Crippen molar-refractivity contribution in [3.63, 3.8) is 0 Å². The number of benzene rings is 1. The molecular formula is C13H17F4NO. The average Bonchev–Trinajstić information content (AvgIpc) is 2.36. The molecule has 0 spiro atoms. The van der Waals surface area contributed by atoms with Gasteiger partial charge in [-0.15, -0.1) is 0 Å². The summed E-state index contributed by atoms with van der Waals surface area (Å²) in [6, 6.07) is 2.22. The highest BCUT2D eigenvalue weighted by Gasteiger charge is 2.31. The molecular weight excluding hydrogens is 262 g/mol. The van der Waals surface area contributed by atoms with E-state index in [9.17, 15) is 22.7 Å². The van der Waals surface area contributed by atoms with Crippen LogP contribution in [0.1, 0.15) is 25.8 Å². The van der Waals surface area contributed by atoms with Crippen LogP contribution in [0.25, 0.3) is 0 Å². The maximum absolute atomic E-state index is 13.4. The lowest BCUT2D eigenvalue weighted by Gasteiger charge is -2.26. The highest BCUT2D eigenvalue weighted by atomic mass is 19.4. The first-order valence-corrected chi connectivity index (χ1v) is 5.93. The molecule has 1 aromatic rings. The fourth-order valence-corrected chi connectivity index (χ4v) is 1.44. The lowest BCUT2D eigenvalue weighted by Crippen LogP contribution is -2.29. The van der Waals surface area contributed by atoms with Gasteiger partial charge in [-0.1, -0.05) is 13.8 Å². The highest BCUT2D eigenvalue weighted by molar-refractivity contribution is 5.48. The van der Waals surface area contributed by atoms with E-state index in [4.69, 9.17) is 0 Å². The minimum atomic E-state index is -4.50. The lowest BCUT2D eigenvalue weighted by molar-refractivity contribution is -0.137.